The Morgan fingerprint density at radius 1 is 1.50 bits per heavy atom. The zero-order chi connectivity index (χ0) is 10.3. The van der Waals surface area contributed by atoms with Gasteiger partial charge >= 0.3 is 0 Å². The Balaban J connectivity index is 2.85. The van der Waals surface area contributed by atoms with Gasteiger partial charge in [0.2, 0.25) is 0 Å². The van der Waals surface area contributed by atoms with Gasteiger partial charge in [0.05, 0.1) is 5.52 Å². The number of nitrogens with zero attached hydrogens (tertiary/aromatic N) is 1. The lowest BCUT2D eigenvalue weighted by Crippen LogP contribution is -1.89. The van der Waals surface area contributed by atoms with Gasteiger partial charge in [-0.25, -0.2) is 4.98 Å². The first kappa shape index (κ1) is 9.49. The van der Waals surface area contributed by atoms with Crippen molar-refractivity contribution in [3.05, 3.63) is 28.1 Å². The molecule has 0 atom stereocenters. The fourth-order valence-electron chi connectivity index (χ4n) is 1.35. The Morgan fingerprint density at radius 3 is 2.86 bits per heavy atom. The molecule has 3 nitrogen and oxygen atoms in total. The van der Waals surface area contributed by atoms with Crippen molar-refractivity contribution in [1.82, 2.24) is 9.97 Å². The van der Waals surface area contributed by atoms with Crippen molar-refractivity contribution in [3.8, 4) is 0 Å². The van der Waals surface area contributed by atoms with Gasteiger partial charge in [0.25, 0.3) is 0 Å². The minimum Gasteiger partial charge on any atom is -0.358 e. The molecule has 0 fully saturated rings. The van der Waals surface area contributed by atoms with E-state index in [2.05, 4.69) is 9.97 Å². The number of ketones is 1. The van der Waals surface area contributed by atoms with E-state index in [1.807, 2.05) is 0 Å². The summed E-state index contributed by atoms with van der Waals surface area (Å²) in [5.74, 6) is -0.0328. The number of carbonyl (C=O) groups is 1. The first-order valence-electron chi connectivity index (χ1n) is 3.93. The molecule has 0 aliphatic heterocycles. The Morgan fingerprint density at radius 2 is 2.21 bits per heavy atom. The van der Waals surface area contributed by atoms with E-state index in [0.717, 1.165) is 0 Å². The number of rotatable bonds is 1. The summed E-state index contributed by atoms with van der Waals surface area (Å²) in [5, 5.41) is 1.27. The van der Waals surface area contributed by atoms with E-state index in [0.29, 0.717) is 16.5 Å². The second-order valence-electron chi connectivity index (χ2n) is 2.92. The zero-order valence-electron chi connectivity index (χ0n) is 7.27. The van der Waals surface area contributed by atoms with E-state index >= 15 is 0 Å². The molecule has 2 rings (SSSR count). The molecule has 0 spiro atoms. The molecule has 2 heterocycles. The van der Waals surface area contributed by atoms with E-state index < -0.39 is 0 Å². The Labute approximate surface area is 90.0 Å². The number of H-pyrrole nitrogens is 1. The quantitative estimate of drug-likeness (QED) is 0.603. The van der Waals surface area contributed by atoms with Gasteiger partial charge in [-0.3, -0.25) is 4.79 Å². The smallest absolute Gasteiger partial charge is 0.161 e. The molecule has 5 heteroatoms. The molecule has 0 aliphatic carbocycles. The van der Waals surface area contributed by atoms with Gasteiger partial charge in [0.1, 0.15) is 5.15 Å². The van der Waals surface area contributed by atoms with Crippen LogP contribution in [0.2, 0.25) is 10.3 Å². The van der Waals surface area contributed by atoms with Crippen molar-refractivity contribution in [2.75, 3.05) is 0 Å². The third kappa shape index (κ3) is 1.38. The van der Waals surface area contributed by atoms with Crippen LogP contribution in [0.5, 0.6) is 0 Å². The number of carbonyl (C=O) groups excluding carboxylic acids is 1. The predicted octanol–water partition coefficient (Wildman–Crippen LogP) is 3.07. The average molecular weight is 229 g/mol. The van der Waals surface area contributed by atoms with Crippen LogP contribution in [0.3, 0.4) is 0 Å². The maximum atomic E-state index is 11.2. The summed E-state index contributed by atoms with van der Waals surface area (Å²) in [7, 11) is 0. The molecule has 1 N–H and O–H groups in total. The summed E-state index contributed by atoms with van der Waals surface area (Å²) in [4.78, 5) is 18.0. The summed E-state index contributed by atoms with van der Waals surface area (Å²) in [6.07, 6.45) is 1.61. The Hall–Kier alpha value is -1.06. The van der Waals surface area contributed by atoms with Crippen molar-refractivity contribution in [2.45, 2.75) is 6.92 Å². The molecule has 0 unspecified atom stereocenters. The minimum atomic E-state index is -0.0328. The van der Waals surface area contributed by atoms with Gasteiger partial charge in [-0.2, -0.15) is 0 Å². The predicted molar refractivity (Wildman–Crippen MR) is 56.1 cm³/mol. The highest BCUT2D eigenvalue weighted by Crippen LogP contribution is 2.26. The topological polar surface area (TPSA) is 45.8 Å². The lowest BCUT2D eigenvalue weighted by atomic mass is 10.1. The Kier molecular flexibility index (Phi) is 2.21. The molecule has 0 saturated carbocycles. The SMILES string of the molecule is CC(=O)c1c[nH]c2c(Cl)nc(Cl)cc12. The van der Waals surface area contributed by atoms with Crippen molar-refractivity contribution in [3.63, 3.8) is 0 Å². The molecular formula is C9H6Cl2N2O. The lowest BCUT2D eigenvalue weighted by Gasteiger charge is -1.96. The highest BCUT2D eigenvalue weighted by molar-refractivity contribution is 6.36. The van der Waals surface area contributed by atoms with Gasteiger partial charge < -0.3 is 4.98 Å². The largest absolute Gasteiger partial charge is 0.358 e. The van der Waals surface area contributed by atoms with Crippen molar-refractivity contribution < 1.29 is 4.79 Å². The van der Waals surface area contributed by atoms with Crippen LogP contribution in [0.4, 0.5) is 0 Å². The number of aromatic nitrogens is 2. The molecular weight excluding hydrogens is 223 g/mol. The summed E-state index contributed by atoms with van der Waals surface area (Å²) in [6.45, 7) is 1.49. The molecule has 2 aromatic rings. The van der Waals surface area contributed by atoms with Crippen LogP contribution in [0, 0.1) is 0 Å². The first-order chi connectivity index (χ1) is 6.59. The van der Waals surface area contributed by atoms with Crippen LogP contribution < -0.4 is 0 Å². The standard InChI is InChI=1S/C9H6Cl2N2O/c1-4(14)6-3-12-8-5(6)2-7(10)13-9(8)11/h2-3,12H,1H3. The summed E-state index contributed by atoms with van der Waals surface area (Å²) >= 11 is 11.6. The van der Waals surface area contributed by atoms with Crippen LogP contribution in [-0.2, 0) is 0 Å². The zero-order valence-corrected chi connectivity index (χ0v) is 8.78. The molecule has 0 bridgehead atoms. The number of aromatic amines is 1. The van der Waals surface area contributed by atoms with E-state index in [1.165, 1.54) is 6.92 Å². The van der Waals surface area contributed by atoms with E-state index in [1.54, 1.807) is 12.3 Å². The van der Waals surface area contributed by atoms with E-state index in [9.17, 15) is 4.79 Å². The highest BCUT2D eigenvalue weighted by atomic mass is 35.5. The third-order valence-electron chi connectivity index (χ3n) is 1.97. The number of pyridine rings is 1. The fraction of sp³-hybridized carbons (Fsp3) is 0.111. The van der Waals surface area contributed by atoms with E-state index in [4.69, 9.17) is 23.2 Å². The van der Waals surface area contributed by atoms with Gasteiger partial charge in [-0.1, -0.05) is 23.2 Å². The number of halogens is 2. The molecule has 0 aliphatic rings. The van der Waals surface area contributed by atoms with Gasteiger partial charge in [-0.05, 0) is 13.0 Å². The number of nitrogens with one attached hydrogen (secondary N) is 1. The van der Waals surface area contributed by atoms with Crippen molar-refractivity contribution >= 4 is 39.9 Å². The second-order valence-corrected chi connectivity index (χ2v) is 3.66. The maximum absolute atomic E-state index is 11.2. The van der Waals surface area contributed by atoms with Gasteiger partial charge in [0.15, 0.2) is 10.9 Å². The van der Waals surface area contributed by atoms with Crippen LogP contribution >= 0.6 is 23.2 Å². The van der Waals surface area contributed by atoms with Gasteiger partial charge in [-0.15, -0.1) is 0 Å². The number of hydrogen-bond donors (Lipinski definition) is 1. The van der Waals surface area contributed by atoms with Crippen LogP contribution in [0.1, 0.15) is 17.3 Å². The molecule has 0 aromatic carbocycles. The third-order valence-corrected chi connectivity index (χ3v) is 2.44. The number of hydrogen-bond acceptors (Lipinski definition) is 2. The van der Waals surface area contributed by atoms with Gasteiger partial charge in [0, 0.05) is 17.1 Å². The summed E-state index contributed by atoms with van der Waals surface area (Å²) in [6, 6.07) is 1.62. The second kappa shape index (κ2) is 3.26. The summed E-state index contributed by atoms with van der Waals surface area (Å²) < 4.78 is 0. The van der Waals surface area contributed by atoms with Crippen LogP contribution in [0.25, 0.3) is 10.9 Å². The molecule has 0 amide bonds. The monoisotopic (exact) mass is 228 g/mol. The molecule has 72 valence electrons. The van der Waals surface area contributed by atoms with Crippen molar-refractivity contribution in [2.24, 2.45) is 0 Å². The molecule has 0 saturated heterocycles. The molecule has 14 heavy (non-hydrogen) atoms. The minimum absolute atomic E-state index is 0.0328. The van der Waals surface area contributed by atoms with Crippen LogP contribution in [-0.4, -0.2) is 15.8 Å². The normalized spacial score (nSPS) is 10.8. The highest BCUT2D eigenvalue weighted by Gasteiger charge is 2.11. The maximum Gasteiger partial charge on any atom is 0.161 e. The molecule has 0 radical (unpaired) electrons. The van der Waals surface area contributed by atoms with Crippen molar-refractivity contribution in [1.29, 1.82) is 0 Å². The van der Waals surface area contributed by atoms with E-state index in [-0.39, 0.29) is 16.1 Å². The molecule has 2 aromatic heterocycles. The fourth-order valence-corrected chi connectivity index (χ4v) is 1.83. The average Bonchev–Trinajstić information content (AvgIpc) is 2.47. The number of Topliss-reactive ketones (excluding diaryl/α,β-unsaturated/α-hetero) is 1. The lowest BCUT2D eigenvalue weighted by molar-refractivity contribution is 0.101. The summed E-state index contributed by atoms with van der Waals surface area (Å²) in [5.41, 5.74) is 1.22. The van der Waals surface area contributed by atoms with Crippen LogP contribution in [0.15, 0.2) is 12.3 Å². The Bertz CT molecular complexity index is 519. The first-order valence-corrected chi connectivity index (χ1v) is 4.69. The number of fused-ring (bicyclic) bond motifs is 1.